The Morgan fingerprint density at radius 1 is 0.833 bits per heavy atom. The molecule has 0 aliphatic heterocycles. The summed E-state index contributed by atoms with van der Waals surface area (Å²) in [5.41, 5.74) is 9.62. The van der Waals surface area contributed by atoms with E-state index in [1.54, 1.807) is 4.90 Å². The van der Waals surface area contributed by atoms with Crippen molar-refractivity contribution in [1.82, 2.24) is 4.90 Å². The number of nitrogens with zero attached hydrogens (tertiary/aromatic N) is 1. The molecule has 0 atom stereocenters. The number of nitrogens with one attached hydrogen (secondary N) is 1. The monoisotopic (exact) mass is 485 g/mol. The summed E-state index contributed by atoms with van der Waals surface area (Å²) in [5.74, 6) is 0.776. The third kappa shape index (κ3) is 7.43. The number of carbonyl (C=O) groups is 2. The van der Waals surface area contributed by atoms with Crippen LogP contribution < -0.4 is 15.8 Å². The molecule has 3 N–H and O–H groups in total. The van der Waals surface area contributed by atoms with Crippen molar-refractivity contribution in [3.8, 4) is 5.75 Å². The number of benzene rings is 3. The zero-order valence-electron chi connectivity index (χ0n) is 20.7. The van der Waals surface area contributed by atoms with Gasteiger partial charge in [0, 0.05) is 31.2 Å². The summed E-state index contributed by atoms with van der Waals surface area (Å²) in [5, 5.41) is 3.05. The second-order valence-corrected chi connectivity index (χ2v) is 9.40. The van der Waals surface area contributed by atoms with E-state index in [0.29, 0.717) is 25.4 Å². The number of rotatable bonds is 10. The van der Waals surface area contributed by atoms with Gasteiger partial charge in [-0.3, -0.25) is 9.59 Å². The van der Waals surface area contributed by atoms with E-state index in [4.69, 9.17) is 10.5 Å². The molecule has 0 aromatic heterocycles. The Balaban J connectivity index is 1.42. The van der Waals surface area contributed by atoms with E-state index >= 15 is 0 Å². The van der Waals surface area contributed by atoms with Crippen LogP contribution in [0.1, 0.15) is 48.8 Å². The SMILES string of the molecule is NCc1cccc(CN(Cc2ccc(NC(=O)C3CCCCC3)cc2)C(=O)COc2ccccc2)c1. The third-order valence-corrected chi connectivity index (χ3v) is 6.63. The molecule has 0 radical (unpaired) electrons. The van der Waals surface area contributed by atoms with Gasteiger partial charge in [0.15, 0.2) is 6.61 Å². The molecule has 0 unspecified atom stereocenters. The van der Waals surface area contributed by atoms with Gasteiger partial charge in [0.25, 0.3) is 5.91 Å². The van der Waals surface area contributed by atoms with Gasteiger partial charge in [-0.1, -0.05) is 73.9 Å². The molecule has 6 heteroatoms. The average Bonchev–Trinajstić information content (AvgIpc) is 2.93. The van der Waals surface area contributed by atoms with Gasteiger partial charge in [-0.2, -0.15) is 0 Å². The quantitative estimate of drug-likeness (QED) is 0.410. The van der Waals surface area contributed by atoms with Crippen molar-refractivity contribution in [1.29, 1.82) is 0 Å². The number of hydrogen-bond donors (Lipinski definition) is 2. The first-order valence-corrected chi connectivity index (χ1v) is 12.7. The van der Waals surface area contributed by atoms with E-state index < -0.39 is 0 Å². The van der Waals surface area contributed by atoms with Gasteiger partial charge in [-0.05, 0) is 53.8 Å². The molecule has 0 saturated heterocycles. The first-order chi connectivity index (χ1) is 17.6. The maximum atomic E-state index is 13.2. The van der Waals surface area contributed by atoms with E-state index in [2.05, 4.69) is 5.32 Å². The molecule has 3 aromatic rings. The topological polar surface area (TPSA) is 84.7 Å². The maximum Gasteiger partial charge on any atom is 0.261 e. The highest BCUT2D eigenvalue weighted by Gasteiger charge is 2.21. The van der Waals surface area contributed by atoms with E-state index in [1.807, 2.05) is 78.9 Å². The average molecular weight is 486 g/mol. The Kier molecular flexibility index (Phi) is 9.11. The van der Waals surface area contributed by atoms with Crippen LogP contribution in [0.5, 0.6) is 5.75 Å². The Morgan fingerprint density at radius 2 is 1.53 bits per heavy atom. The van der Waals surface area contributed by atoms with Crippen molar-refractivity contribution in [2.24, 2.45) is 11.7 Å². The van der Waals surface area contributed by atoms with Gasteiger partial charge >= 0.3 is 0 Å². The normalized spacial score (nSPS) is 13.7. The largest absolute Gasteiger partial charge is 0.484 e. The van der Waals surface area contributed by atoms with Crippen molar-refractivity contribution in [3.63, 3.8) is 0 Å². The predicted molar refractivity (Wildman–Crippen MR) is 142 cm³/mol. The molecule has 188 valence electrons. The standard InChI is InChI=1S/C30H35N3O3/c31-19-24-8-7-9-25(18-24)21-33(29(34)22-36-28-12-5-2-6-13-28)20-23-14-16-27(17-15-23)32-30(35)26-10-3-1-4-11-26/h2,5-9,12-18,26H,1,3-4,10-11,19-22,31H2,(H,32,35). The summed E-state index contributed by atoms with van der Waals surface area (Å²) >= 11 is 0. The molecule has 1 fully saturated rings. The lowest BCUT2D eigenvalue weighted by Crippen LogP contribution is -2.34. The number of nitrogens with two attached hydrogens (primary N) is 1. The molecule has 0 bridgehead atoms. The minimum absolute atomic E-state index is 0.0455. The lowest BCUT2D eigenvalue weighted by atomic mass is 9.88. The summed E-state index contributed by atoms with van der Waals surface area (Å²) in [6.45, 7) is 1.29. The smallest absolute Gasteiger partial charge is 0.261 e. The van der Waals surface area contributed by atoms with Crippen molar-refractivity contribution in [2.75, 3.05) is 11.9 Å². The van der Waals surface area contributed by atoms with Gasteiger partial charge in [0.2, 0.25) is 5.91 Å². The van der Waals surface area contributed by atoms with Crippen LogP contribution in [0.15, 0.2) is 78.9 Å². The molecule has 1 saturated carbocycles. The fraction of sp³-hybridized carbons (Fsp3) is 0.333. The molecule has 36 heavy (non-hydrogen) atoms. The summed E-state index contributed by atoms with van der Waals surface area (Å²) in [6.07, 6.45) is 5.42. The fourth-order valence-corrected chi connectivity index (χ4v) is 4.58. The molecule has 0 heterocycles. The highest BCUT2D eigenvalue weighted by atomic mass is 16.5. The Labute approximate surface area is 213 Å². The van der Waals surface area contributed by atoms with Crippen molar-refractivity contribution >= 4 is 17.5 Å². The summed E-state index contributed by atoms with van der Waals surface area (Å²) in [6, 6.07) is 25.1. The van der Waals surface area contributed by atoms with Crippen molar-refractivity contribution in [3.05, 3.63) is 95.6 Å². The van der Waals surface area contributed by atoms with Gasteiger partial charge in [0.05, 0.1) is 0 Å². The Morgan fingerprint density at radius 3 is 2.25 bits per heavy atom. The highest BCUT2D eigenvalue weighted by molar-refractivity contribution is 5.92. The van der Waals surface area contributed by atoms with Crippen LogP contribution in [0.25, 0.3) is 0 Å². The number of ether oxygens (including phenoxy) is 1. The molecule has 1 aliphatic rings. The van der Waals surface area contributed by atoms with Gasteiger partial charge in [-0.15, -0.1) is 0 Å². The van der Waals surface area contributed by atoms with Crippen LogP contribution in [0.4, 0.5) is 5.69 Å². The van der Waals surface area contributed by atoms with E-state index in [0.717, 1.165) is 48.1 Å². The van der Waals surface area contributed by atoms with Gasteiger partial charge in [0.1, 0.15) is 5.75 Å². The first kappa shape index (κ1) is 25.5. The lowest BCUT2D eigenvalue weighted by molar-refractivity contribution is -0.134. The molecule has 1 aliphatic carbocycles. The van der Waals surface area contributed by atoms with Gasteiger partial charge in [-0.25, -0.2) is 0 Å². The van der Waals surface area contributed by atoms with Crippen LogP contribution in [0.3, 0.4) is 0 Å². The lowest BCUT2D eigenvalue weighted by Gasteiger charge is -2.24. The minimum atomic E-state index is -0.105. The van der Waals surface area contributed by atoms with Gasteiger partial charge < -0.3 is 20.7 Å². The van der Waals surface area contributed by atoms with Crippen LogP contribution >= 0.6 is 0 Å². The molecule has 3 aromatic carbocycles. The summed E-state index contributed by atoms with van der Waals surface area (Å²) in [7, 11) is 0. The second kappa shape index (κ2) is 12.9. The van der Waals surface area contributed by atoms with E-state index in [1.165, 1.54) is 6.42 Å². The predicted octanol–water partition coefficient (Wildman–Crippen LogP) is 5.27. The highest BCUT2D eigenvalue weighted by Crippen LogP contribution is 2.25. The van der Waals surface area contributed by atoms with Crippen molar-refractivity contribution < 1.29 is 14.3 Å². The minimum Gasteiger partial charge on any atom is -0.484 e. The number of anilines is 1. The Hall–Kier alpha value is -3.64. The summed E-state index contributed by atoms with van der Waals surface area (Å²) in [4.78, 5) is 27.5. The third-order valence-electron chi connectivity index (χ3n) is 6.63. The molecular formula is C30H35N3O3. The number of amides is 2. The van der Waals surface area contributed by atoms with E-state index in [-0.39, 0.29) is 24.3 Å². The van der Waals surface area contributed by atoms with Crippen molar-refractivity contribution in [2.45, 2.75) is 51.7 Å². The molecule has 0 spiro atoms. The zero-order chi connectivity index (χ0) is 25.2. The van der Waals surface area contributed by atoms with Crippen LogP contribution in [0.2, 0.25) is 0 Å². The maximum absolute atomic E-state index is 13.2. The van der Waals surface area contributed by atoms with Crippen LogP contribution in [-0.2, 0) is 29.2 Å². The zero-order valence-corrected chi connectivity index (χ0v) is 20.7. The molecule has 4 rings (SSSR count). The fourth-order valence-electron chi connectivity index (χ4n) is 4.58. The van der Waals surface area contributed by atoms with Crippen LogP contribution in [0, 0.1) is 5.92 Å². The van der Waals surface area contributed by atoms with E-state index in [9.17, 15) is 9.59 Å². The molecule has 6 nitrogen and oxygen atoms in total. The number of hydrogen-bond acceptors (Lipinski definition) is 4. The Bertz CT molecular complexity index is 1130. The molecular weight excluding hydrogens is 450 g/mol. The molecule has 2 amide bonds. The van der Waals surface area contributed by atoms with Crippen LogP contribution in [-0.4, -0.2) is 23.3 Å². The summed E-state index contributed by atoms with van der Waals surface area (Å²) < 4.78 is 5.73. The number of carbonyl (C=O) groups excluding carboxylic acids is 2. The first-order valence-electron chi connectivity index (χ1n) is 12.7. The second-order valence-electron chi connectivity index (χ2n) is 9.40. The number of para-hydroxylation sites is 1.